The summed E-state index contributed by atoms with van der Waals surface area (Å²) in [5.41, 5.74) is 3.67. The molecule has 3 rings (SSSR count). The predicted molar refractivity (Wildman–Crippen MR) is 81.4 cm³/mol. The molecule has 1 heteroatoms. The smallest absolute Gasteiger partial charge is 0.0320 e. The van der Waals surface area contributed by atoms with Gasteiger partial charge in [-0.05, 0) is 67.5 Å². The largest absolute Gasteiger partial charge is 0.310 e. The fourth-order valence-electron chi connectivity index (χ4n) is 3.73. The third-order valence-corrected chi connectivity index (χ3v) is 5.18. The molecule has 1 unspecified atom stereocenters. The molecule has 0 spiro atoms. The molecule has 19 heavy (non-hydrogen) atoms. The van der Waals surface area contributed by atoms with Gasteiger partial charge in [-0.3, -0.25) is 0 Å². The lowest BCUT2D eigenvalue weighted by Gasteiger charge is -2.34. The second kappa shape index (κ2) is 5.28. The molecule has 1 heterocycles. The Hall–Kier alpha value is -0.820. The number of hydrogen-bond donors (Lipinski definition) is 1. The summed E-state index contributed by atoms with van der Waals surface area (Å²) in [4.78, 5) is 0. The highest BCUT2D eigenvalue weighted by Gasteiger charge is 2.28. The molecule has 1 aliphatic carbocycles. The van der Waals surface area contributed by atoms with E-state index in [1.54, 1.807) is 5.56 Å². The van der Waals surface area contributed by atoms with Crippen molar-refractivity contribution in [1.29, 1.82) is 0 Å². The van der Waals surface area contributed by atoms with Crippen molar-refractivity contribution in [3.05, 3.63) is 35.4 Å². The van der Waals surface area contributed by atoms with Crippen molar-refractivity contribution in [2.24, 2.45) is 5.41 Å². The molecule has 104 valence electrons. The first-order chi connectivity index (χ1) is 9.14. The third-order valence-electron chi connectivity index (χ3n) is 5.18. The van der Waals surface area contributed by atoms with Crippen molar-refractivity contribution in [2.75, 3.05) is 6.54 Å². The Morgan fingerprint density at radius 1 is 1.05 bits per heavy atom. The van der Waals surface area contributed by atoms with Gasteiger partial charge in [0.25, 0.3) is 0 Å². The van der Waals surface area contributed by atoms with E-state index < -0.39 is 0 Å². The predicted octanol–water partition coefficient (Wildman–Crippen LogP) is 4.79. The topological polar surface area (TPSA) is 12.0 Å². The van der Waals surface area contributed by atoms with Crippen LogP contribution in [0.3, 0.4) is 0 Å². The number of hydrogen-bond acceptors (Lipinski definition) is 1. The van der Waals surface area contributed by atoms with Gasteiger partial charge in [-0.1, -0.05) is 38.1 Å². The van der Waals surface area contributed by atoms with E-state index in [1.807, 2.05) is 0 Å². The van der Waals surface area contributed by atoms with Gasteiger partial charge >= 0.3 is 0 Å². The molecule has 2 fully saturated rings. The lowest BCUT2D eigenvalue weighted by atomic mass is 9.71. The summed E-state index contributed by atoms with van der Waals surface area (Å²) in [5.74, 6) is 0.800. The summed E-state index contributed by atoms with van der Waals surface area (Å²) in [6.45, 7) is 6.02. The van der Waals surface area contributed by atoms with Crippen molar-refractivity contribution in [2.45, 2.75) is 64.3 Å². The molecule has 1 aromatic rings. The Morgan fingerprint density at radius 2 is 1.79 bits per heavy atom. The van der Waals surface area contributed by atoms with Crippen LogP contribution in [0.15, 0.2) is 24.3 Å². The maximum atomic E-state index is 3.62. The first kappa shape index (κ1) is 13.2. The fourth-order valence-corrected chi connectivity index (χ4v) is 3.73. The van der Waals surface area contributed by atoms with Crippen LogP contribution in [0.25, 0.3) is 0 Å². The molecule has 1 aromatic carbocycles. The number of benzene rings is 1. The van der Waals surface area contributed by atoms with Crippen LogP contribution in [0.4, 0.5) is 0 Å². The zero-order valence-electron chi connectivity index (χ0n) is 12.4. The Kier molecular flexibility index (Phi) is 3.66. The van der Waals surface area contributed by atoms with Crippen LogP contribution < -0.4 is 5.32 Å². The fraction of sp³-hybridized carbons (Fsp3) is 0.667. The lowest BCUT2D eigenvalue weighted by Crippen LogP contribution is -2.20. The van der Waals surface area contributed by atoms with Gasteiger partial charge in [0.1, 0.15) is 0 Å². The van der Waals surface area contributed by atoms with Gasteiger partial charge in [0.15, 0.2) is 0 Å². The maximum absolute atomic E-state index is 3.62. The molecular weight excluding hydrogens is 230 g/mol. The molecule has 1 N–H and O–H groups in total. The van der Waals surface area contributed by atoms with Crippen LogP contribution in [0.5, 0.6) is 0 Å². The molecule has 0 radical (unpaired) electrons. The highest BCUT2D eigenvalue weighted by Crippen LogP contribution is 2.42. The number of nitrogens with one attached hydrogen (secondary N) is 1. The van der Waals surface area contributed by atoms with Gasteiger partial charge in [0, 0.05) is 6.04 Å². The summed E-state index contributed by atoms with van der Waals surface area (Å²) in [5, 5.41) is 3.62. The Balaban J connectivity index is 1.72. The van der Waals surface area contributed by atoms with Crippen molar-refractivity contribution in [3.63, 3.8) is 0 Å². The molecule has 1 nitrogen and oxygen atoms in total. The van der Waals surface area contributed by atoms with Gasteiger partial charge in [-0.15, -0.1) is 0 Å². The van der Waals surface area contributed by atoms with E-state index in [-0.39, 0.29) is 0 Å². The molecular formula is C18H27N. The lowest BCUT2D eigenvalue weighted by molar-refractivity contribution is 0.224. The normalized spacial score (nSPS) is 27.6. The average Bonchev–Trinajstić information content (AvgIpc) is 2.93. The molecule has 1 aliphatic heterocycles. The molecule has 0 aromatic heterocycles. The van der Waals surface area contributed by atoms with Gasteiger partial charge in [0.2, 0.25) is 0 Å². The Bertz CT molecular complexity index is 419. The van der Waals surface area contributed by atoms with E-state index in [0.29, 0.717) is 11.5 Å². The van der Waals surface area contributed by atoms with Crippen LogP contribution >= 0.6 is 0 Å². The zero-order chi connectivity index (χ0) is 13.3. The van der Waals surface area contributed by atoms with Crippen LogP contribution in [-0.2, 0) is 0 Å². The van der Waals surface area contributed by atoms with E-state index in [1.165, 1.54) is 50.6 Å². The van der Waals surface area contributed by atoms with Gasteiger partial charge in [-0.25, -0.2) is 0 Å². The van der Waals surface area contributed by atoms with Crippen LogP contribution in [0.2, 0.25) is 0 Å². The minimum atomic E-state index is 0.571. The summed E-state index contributed by atoms with van der Waals surface area (Å²) in [7, 11) is 0. The first-order valence-electron chi connectivity index (χ1n) is 7.97. The standard InChI is InChI=1S/C18H27N/c1-18(2)10-8-14(9-11-18)15-5-3-6-16(13-15)17-7-4-12-19-17/h3,5-6,13-14,17,19H,4,7-12H2,1-2H3. The van der Waals surface area contributed by atoms with Gasteiger partial charge in [-0.2, -0.15) is 0 Å². The number of rotatable bonds is 2. The van der Waals surface area contributed by atoms with Crippen molar-refractivity contribution in [3.8, 4) is 0 Å². The summed E-state index contributed by atoms with van der Waals surface area (Å²) in [6, 6.07) is 10.0. The minimum Gasteiger partial charge on any atom is -0.310 e. The van der Waals surface area contributed by atoms with Crippen LogP contribution in [0.1, 0.15) is 75.5 Å². The highest BCUT2D eigenvalue weighted by molar-refractivity contribution is 5.29. The zero-order valence-corrected chi connectivity index (χ0v) is 12.4. The van der Waals surface area contributed by atoms with E-state index in [0.717, 1.165) is 5.92 Å². The molecule has 0 amide bonds. The third kappa shape index (κ3) is 3.02. The van der Waals surface area contributed by atoms with Crippen LogP contribution in [0, 0.1) is 5.41 Å². The maximum Gasteiger partial charge on any atom is 0.0320 e. The second-order valence-electron chi connectivity index (χ2n) is 7.26. The minimum absolute atomic E-state index is 0.571. The van der Waals surface area contributed by atoms with E-state index >= 15 is 0 Å². The van der Waals surface area contributed by atoms with Crippen molar-refractivity contribution >= 4 is 0 Å². The first-order valence-corrected chi connectivity index (χ1v) is 7.97. The molecule has 1 saturated carbocycles. The van der Waals surface area contributed by atoms with E-state index in [2.05, 4.69) is 43.4 Å². The average molecular weight is 257 g/mol. The van der Waals surface area contributed by atoms with Crippen molar-refractivity contribution in [1.82, 2.24) is 5.32 Å². The van der Waals surface area contributed by atoms with Gasteiger partial charge in [0.05, 0.1) is 0 Å². The van der Waals surface area contributed by atoms with E-state index in [9.17, 15) is 0 Å². The Labute approximate surface area is 117 Å². The SMILES string of the molecule is CC1(C)CCC(c2cccc(C3CCCN3)c2)CC1. The second-order valence-corrected chi connectivity index (χ2v) is 7.26. The quantitative estimate of drug-likeness (QED) is 0.803. The van der Waals surface area contributed by atoms with Crippen molar-refractivity contribution < 1.29 is 0 Å². The van der Waals surface area contributed by atoms with Crippen LogP contribution in [-0.4, -0.2) is 6.54 Å². The summed E-state index contributed by atoms with van der Waals surface area (Å²) >= 11 is 0. The monoisotopic (exact) mass is 257 g/mol. The Morgan fingerprint density at radius 3 is 2.47 bits per heavy atom. The molecule has 0 bridgehead atoms. The highest BCUT2D eigenvalue weighted by atomic mass is 14.9. The molecule has 1 saturated heterocycles. The molecule has 1 atom stereocenters. The summed E-state index contributed by atoms with van der Waals surface area (Å²) in [6.07, 6.45) is 8.13. The summed E-state index contributed by atoms with van der Waals surface area (Å²) < 4.78 is 0. The van der Waals surface area contributed by atoms with E-state index in [4.69, 9.17) is 0 Å². The van der Waals surface area contributed by atoms with Gasteiger partial charge < -0.3 is 5.32 Å². The molecule has 2 aliphatic rings.